The van der Waals surface area contributed by atoms with Gasteiger partial charge in [0.15, 0.2) is 5.82 Å². The van der Waals surface area contributed by atoms with E-state index in [0.29, 0.717) is 69.3 Å². The lowest BCUT2D eigenvalue weighted by molar-refractivity contribution is -0.138. The quantitative estimate of drug-likeness (QED) is 0.196. The first-order valence-corrected chi connectivity index (χ1v) is 23.4. The van der Waals surface area contributed by atoms with Crippen LogP contribution in [0.1, 0.15) is 59.2 Å². The second kappa shape index (κ2) is 18.5. The minimum Gasteiger partial charge on any atom is -0.507 e. The molecule has 5 fully saturated rings. The van der Waals surface area contributed by atoms with Gasteiger partial charge in [0.2, 0.25) is 17.7 Å². The van der Waals surface area contributed by atoms with Gasteiger partial charge < -0.3 is 39.9 Å². The van der Waals surface area contributed by atoms with Gasteiger partial charge in [-0.1, -0.05) is 18.2 Å². The second-order valence-corrected chi connectivity index (χ2v) is 18.4. The summed E-state index contributed by atoms with van der Waals surface area (Å²) in [6.45, 7) is 9.17. The van der Waals surface area contributed by atoms with E-state index in [1.165, 1.54) is 0 Å². The summed E-state index contributed by atoms with van der Waals surface area (Å²) in [6.07, 6.45) is 3.21. The molecule has 0 aliphatic carbocycles. The monoisotopic (exact) mass is 912 g/mol. The van der Waals surface area contributed by atoms with Crippen molar-refractivity contribution in [2.24, 2.45) is 5.92 Å². The van der Waals surface area contributed by atoms with Crippen molar-refractivity contribution in [2.75, 3.05) is 106 Å². The van der Waals surface area contributed by atoms with E-state index in [9.17, 15) is 29.1 Å². The van der Waals surface area contributed by atoms with Crippen LogP contribution in [0.15, 0.2) is 72.8 Å². The van der Waals surface area contributed by atoms with Crippen LogP contribution in [0.2, 0.25) is 0 Å². The molecule has 350 valence electrons. The summed E-state index contributed by atoms with van der Waals surface area (Å²) < 4.78 is 12.8. The van der Waals surface area contributed by atoms with E-state index >= 15 is 0 Å². The van der Waals surface area contributed by atoms with Gasteiger partial charge in [0.1, 0.15) is 24.1 Å². The Hall–Kier alpha value is -6.79. The fourth-order valence-electron chi connectivity index (χ4n) is 10.5. The minimum absolute atomic E-state index is 0.0703. The van der Waals surface area contributed by atoms with Crippen molar-refractivity contribution in [3.8, 4) is 22.8 Å². The molecule has 0 bridgehead atoms. The van der Waals surface area contributed by atoms with Crippen LogP contribution >= 0.6 is 0 Å². The van der Waals surface area contributed by atoms with E-state index in [4.69, 9.17) is 15.2 Å². The fraction of sp³-hybridized carbons (Fsp3) is 0.449. The van der Waals surface area contributed by atoms with E-state index in [2.05, 4.69) is 47.2 Å². The SMILES string of the molecule is Nc1nnc(-c2ccccc2O)cc1N1CCC2(CC1)CN(c1cccc(OCCN3CCN(C(=O)C4CCN(c5ccc6c(c5)C(=O)N(C5CCC(=O)NC5=O)C6=O)CC4)CC3)c1)CCO2. The number of phenols is 1. The number of imide groups is 2. The van der Waals surface area contributed by atoms with Gasteiger partial charge in [-0.15, -0.1) is 10.2 Å². The summed E-state index contributed by atoms with van der Waals surface area (Å²) in [7, 11) is 0. The van der Waals surface area contributed by atoms with Crippen molar-refractivity contribution in [1.82, 2.24) is 30.2 Å². The standard InChI is InChI=1S/C49H56N10O8/c50-44-41(30-39(52-53-44)37-6-1-2-7-42(37)60)56-18-14-49(15-19-56)31-58(25-27-67-49)33-4-3-5-35(28-33)66-26-24-54-20-22-57(23-21-54)46(63)32-12-16-55(17-13-32)34-8-9-36-38(29-34)48(65)59(47(36)64)40-10-11-43(61)51-45(40)62/h1-9,28-30,32,40,60H,10-27,31H2,(H2,50,53)(H,51,61,62). The maximum absolute atomic E-state index is 13.7. The number of aromatic hydroxyl groups is 1. The summed E-state index contributed by atoms with van der Waals surface area (Å²) in [4.78, 5) is 76.4. The number of carbonyl (C=O) groups is 5. The number of phenolic OH excluding ortho intramolecular Hbond substituents is 1. The van der Waals surface area contributed by atoms with Crippen LogP contribution in [0.3, 0.4) is 0 Å². The van der Waals surface area contributed by atoms with Crippen molar-refractivity contribution in [2.45, 2.75) is 50.2 Å². The third kappa shape index (κ3) is 8.94. The number of nitrogens with one attached hydrogen (secondary N) is 1. The number of aromatic nitrogens is 2. The summed E-state index contributed by atoms with van der Waals surface area (Å²) >= 11 is 0. The number of anilines is 4. The van der Waals surface area contributed by atoms with Gasteiger partial charge in [0.25, 0.3) is 11.8 Å². The van der Waals surface area contributed by atoms with Crippen molar-refractivity contribution < 1.29 is 38.6 Å². The molecule has 10 rings (SSSR count). The first kappa shape index (κ1) is 44.1. The highest BCUT2D eigenvalue weighted by molar-refractivity contribution is 6.23. The molecule has 1 aromatic heterocycles. The number of hydrogen-bond acceptors (Lipinski definition) is 15. The molecule has 6 aliphatic rings. The van der Waals surface area contributed by atoms with Gasteiger partial charge in [-0.25, -0.2) is 0 Å². The average molecular weight is 913 g/mol. The number of fused-ring (bicyclic) bond motifs is 1. The molecule has 18 heteroatoms. The molecule has 1 spiro atoms. The lowest BCUT2D eigenvalue weighted by atomic mass is 9.88. The molecule has 1 atom stereocenters. The number of ether oxygens (including phenoxy) is 2. The predicted molar refractivity (Wildman–Crippen MR) is 249 cm³/mol. The van der Waals surface area contributed by atoms with Crippen LogP contribution in [0, 0.1) is 5.92 Å². The fourth-order valence-corrected chi connectivity index (χ4v) is 10.5. The molecule has 18 nitrogen and oxygen atoms in total. The summed E-state index contributed by atoms with van der Waals surface area (Å²) in [5, 5.41) is 21.1. The largest absolute Gasteiger partial charge is 0.507 e. The maximum atomic E-state index is 13.7. The Balaban J connectivity index is 0.659. The molecular weight excluding hydrogens is 857 g/mol. The van der Waals surface area contributed by atoms with Crippen molar-refractivity contribution in [3.05, 3.63) is 83.9 Å². The van der Waals surface area contributed by atoms with E-state index in [-0.39, 0.29) is 47.1 Å². The first-order valence-electron chi connectivity index (χ1n) is 23.4. The number of nitrogens with zero attached hydrogens (tertiary/aromatic N) is 8. The van der Waals surface area contributed by atoms with Crippen molar-refractivity contribution in [1.29, 1.82) is 0 Å². The van der Waals surface area contributed by atoms with Crippen molar-refractivity contribution >= 4 is 52.4 Å². The summed E-state index contributed by atoms with van der Waals surface area (Å²) in [6, 6.07) is 21.4. The zero-order valence-electron chi connectivity index (χ0n) is 37.5. The normalized spacial score (nSPS) is 21.5. The number of nitrogens with two attached hydrogens (primary N) is 1. The lowest BCUT2D eigenvalue weighted by Gasteiger charge is -2.48. The molecule has 0 radical (unpaired) electrons. The Morgan fingerprint density at radius 2 is 1.54 bits per heavy atom. The molecule has 7 heterocycles. The topological polar surface area (TPSA) is 207 Å². The van der Waals surface area contributed by atoms with Crippen LogP contribution in [0.25, 0.3) is 11.3 Å². The predicted octanol–water partition coefficient (Wildman–Crippen LogP) is 3.15. The molecule has 67 heavy (non-hydrogen) atoms. The van der Waals surface area contributed by atoms with E-state index < -0.39 is 29.7 Å². The number of hydrogen-bond donors (Lipinski definition) is 3. The minimum atomic E-state index is -1.00. The summed E-state index contributed by atoms with van der Waals surface area (Å²) in [5.41, 5.74) is 10.4. The highest BCUT2D eigenvalue weighted by Crippen LogP contribution is 2.38. The van der Waals surface area contributed by atoms with Crippen LogP contribution in [-0.2, 0) is 19.1 Å². The number of rotatable bonds is 10. The highest BCUT2D eigenvalue weighted by atomic mass is 16.5. The zero-order chi connectivity index (χ0) is 46.2. The molecule has 5 amide bonds. The molecule has 0 saturated carbocycles. The number of benzene rings is 3. The number of para-hydroxylation sites is 1. The van der Waals surface area contributed by atoms with E-state index in [1.54, 1.807) is 24.3 Å². The zero-order valence-corrected chi connectivity index (χ0v) is 37.5. The molecule has 4 N–H and O–H groups in total. The molecule has 1 unspecified atom stereocenters. The Kier molecular flexibility index (Phi) is 12.2. The third-order valence-corrected chi connectivity index (χ3v) is 14.4. The number of piperazine rings is 1. The van der Waals surface area contributed by atoms with Gasteiger partial charge in [0, 0.05) is 107 Å². The van der Waals surface area contributed by atoms with Crippen LogP contribution in [-0.4, -0.2) is 156 Å². The van der Waals surface area contributed by atoms with Gasteiger partial charge in [-0.2, -0.15) is 0 Å². The van der Waals surface area contributed by atoms with Crippen LogP contribution in [0.4, 0.5) is 22.9 Å². The maximum Gasteiger partial charge on any atom is 0.262 e. The Labute approximate surface area is 388 Å². The third-order valence-electron chi connectivity index (χ3n) is 14.4. The Morgan fingerprint density at radius 3 is 2.31 bits per heavy atom. The second-order valence-electron chi connectivity index (χ2n) is 18.4. The van der Waals surface area contributed by atoms with Gasteiger partial charge >= 0.3 is 0 Å². The molecule has 3 aromatic carbocycles. The Bertz CT molecular complexity index is 2570. The number of piperidine rings is 3. The number of carbonyl (C=O) groups excluding carboxylic acids is 5. The average Bonchev–Trinajstić information content (AvgIpc) is 3.60. The summed E-state index contributed by atoms with van der Waals surface area (Å²) in [5.74, 6) is -0.649. The van der Waals surface area contributed by atoms with Crippen molar-refractivity contribution in [3.63, 3.8) is 0 Å². The number of nitrogen functional groups attached to an aromatic ring is 1. The number of amides is 5. The van der Waals surface area contributed by atoms with Crippen LogP contribution in [0.5, 0.6) is 11.5 Å². The molecule has 5 saturated heterocycles. The van der Waals surface area contributed by atoms with Gasteiger partial charge in [0.05, 0.1) is 34.7 Å². The van der Waals surface area contributed by atoms with Gasteiger partial charge in [-0.3, -0.25) is 39.1 Å². The molecular formula is C49H56N10O8. The lowest BCUT2D eigenvalue weighted by Crippen LogP contribution is -2.57. The smallest absolute Gasteiger partial charge is 0.262 e. The Morgan fingerprint density at radius 1 is 0.776 bits per heavy atom. The van der Waals surface area contributed by atoms with Crippen LogP contribution < -0.4 is 30.5 Å². The molecule has 6 aliphatic heterocycles. The molecule has 4 aromatic rings. The van der Waals surface area contributed by atoms with E-state index in [1.807, 2.05) is 41.3 Å². The van der Waals surface area contributed by atoms with Gasteiger partial charge in [-0.05, 0) is 80.6 Å². The highest BCUT2D eigenvalue weighted by Gasteiger charge is 2.45. The first-order chi connectivity index (χ1) is 32.5. The van der Waals surface area contributed by atoms with E-state index in [0.717, 1.165) is 86.4 Å². The number of morpholine rings is 1.